The summed E-state index contributed by atoms with van der Waals surface area (Å²) in [6.07, 6.45) is 3.65. The molecular weight excluding hydrogens is 192 g/mol. The smallest absolute Gasteiger partial charge is 0.372 e. The van der Waals surface area contributed by atoms with Crippen LogP contribution in [-0.2, 0) is 9.59 Å². The average molecular weight is 210 g/mol. The molecule has 3 aliphatic carbocycles. The molecule has 3 nitrogen and oxygen atoms in total. The summed E-state index contributed by atoms with van der Waals surface area (Å²) in [6, 6.07) is 0. The standard InChI is InChI=1S/C12H18O3/c1-12(2)8-4-3-7(9(12)6-8)5-10(13)11(14)15/h7-9H,3-6H2,1-2H3,(H,14,15). The second kappa shape index (κ2) is 3.32. The minimum atomic E-state index is -1.27. The number of carboxylic acid groups (broad SMARTS) is 1. The number of rotatable bonds is 3. The van der Waals surface area contributed by atoms with Crippen LogP contribution in [0.25, 0.3) is 0 Å². The van der Waals surface area contributed by atoms with E-state index in [1.54, 1.807) is 0 Å². The van der Waals surface area contributed by atoms with Gasteiger partial charge < -0.3 is 5.11 Å². The molecule has 3 rings (SSSR count). The molecule has 3 unspecified atom stereocenters. The number of Topliss-reactive ketones (excluding diaryl/α,β-unsaturated/α-hetero) is 1. The van der Waals surface area contributed by atoms with E-state index in [-0.39, 0.29) is 6.42 Å². The van der Waals surface area contributed by atoms with E-state index < -0.39 is 11.8 Å². The van der Waals surface area contributed by atoms with Gasteiger partial charge in [-0.15, -0.1) is 0 Å². The molecule has 0 aromatic rings. The number of carbonyl (C=O) groups is 2. The first-order valence-corrected chi connectivity index (χ1v) is 5.69. The van der Waals surface area contributed by atoms with Crippen molar-refractivity contribution < 1.29 is 14.7 Å². The van der Waals surface area contributed by atoms with Crippen molar-refractivity contribution in [1.29, 1.82) is 0 Å². The minimum absolute atomic E-state index is 0.246. The topological polar surface area (TPSA) is 54.4 Å². The van der Waals surface area contributed by atoms with Crippen LogP contribution in [0.2, 0.25) is 0 Å². The summed E-state index contributed by atoms with van der Waals surface area (Å²) in [5.74, 6) is -0.192. The van der Waals surface area contributed by atoms with Crippen molar-refractivity contribution in [2.45, 2.75) is 39.5 Å². The molecule has 3 heteroatoms. The molecule has 0 saturated heterocycles. The number of aliphatic carboxylic acids is 1. The van der Waals surface area contributed by atoms with Crippen molar-refractivity contribution in [3.8, 4) is 0 Å². The maximum Gasteiger partial charge on any atom is 0.372 e. The Morgan fingerprint density at radius 2 is 2.00 bits per heavy atom. The Kier molecular flexibility index (Phi) is 2.36. The van der Waals surface area contributed by atoms with Crippen LogP contribution in [0.5, 0.6) is 0 Å². The van der Waals surface area contributed by atoms with E-state index in [0.29, 0.717) is 17.3 Å². The van der Waals surface area contributed by atoms with E-state index in [1.165, 1.54) is 12.8 Å². The molecule has 84 valence electrons. The van der Waals surface area contributed by atoms with Gasteiger partial charge in [0.2, 0.25) is 5.78 Å². The lowest BCUT2D eigenvalue weighted by molar-refractivity contribution is -0.153. The van der Waals surface area contributed by atoms with Gasteiger partial charge in [0.15, 0.2) is 0 Å². The lowest BCUT2D eigenvalue weighted by Gasteiger charge is -2.60. The summed E-state index contributed by atoms with van der Waals surface area (Å²) < 4.78 is 0. The number of hydrogen-bond acceptors (Lipinski definition) is 2. The first-order chi connectivity index (χ1) is 6.93. The van der Waals surface area contributed by atoms with Crippen molar-refractivity contribution in [3.63, 3.8) is 0 Å². The Bertz CT molecular complexity index is 304. The minimum Gasteiger partial charge on any atom is -0.476 e. The SMILES string of the molecule is CC1(C)C2CCC(CC(=O)C(=O)O)C1C2. The molecule has 0 heterocycles. The maximum absolute atomic E-state index is 11.2. The van der Waals surface area contributed by atoms with Crippen LogP contribution in [-0.4, -0.2) is 16.9 Å². The highest BCUT2D eigenvalue weighted by Gasteiger charge is 2.54. The van der Waals surface area contributed by atoms with Gasteiger partial charge in [0.1, 0.15) is 0 Å². The summed E-state index contributed by atoms with van der Waals surface area (Å²) in [5.41, 5.74) is 0.335. The summed E-state index contributed by atoms with van der Waals surface area (Å²) in [6.45, 7) is 4.51. The Morgan fingerprint density at radius 3 is 2.47 bits per heavy atom. The summed E-state index contributed by atoms with van der Waals surface area (Å²) >= 11 is 0. The van der Waals surface area contributed by atoms with Crippen LogP contribution in [0.15, 0.2) is 0 Å². The van der Waals surface area contributed by atoms with Crippen LogP contribution >= 0.6 is 0 Å². The van der Waals surface area contributed by atoms with Crippen LogP contribution in [0.1, 0.15) is 39.5 Å². The maximum atomic E-state index is 11.2. The Hall–Kier alpha value is -0.860. The van der Waals surface area contributed by atoms with Crippen molar-refractivity contribution >= 4 is 11.8 Å². The molecule has 0 radical (unpaired) electrons. The molecule has 0 aromatic carbocycles. The first kappa shape index (κ1) is 10.7. The van der Waals surface area contributed by atoms with Crippen LogP contribution < -0.4 is 0 Å². The number of carbonyl (C=O) groups excluding carboxylic acids is 1. The number of hydrogen-bond donors (Lipinski definition) is 1. The average Bonchev–Trinajstić information content (AvgIpc) is 2.17. The lowest BCUT2D eigenvalue weighted by atomic mass is 9.45. The van der Waals surface area contributed by atoms with E-state index in [9.17, 15) is 9.59 Å². The lowest BCUT2D eigenvalue weighted by Crippen LogP contribution is -2.52. The predicted molar refractivity (Wildman–Crippen MR) is 55.4 cm³/mol. The molecule has 0 aliphatic heterocycles. The largest absolute Gasteiger partial charge is 0.476 e. The monoisotopic (exact) mass is 210 g/mol. The Morgan fingerprint density at radius 1 is 1.33 bits per heavy atom. The van der Waals surface area contributed by atoms with Gasteiger partial charge in [-0.2, -0.15) is 0 Å². The van der Waals surface area contributed by atoms with Gasteiger partial charge in [-0.25, -0.2) is 4.79 Å². The fourth-order valence-electron chi connectivity index (χ4n) is 3.53. The number of ketones is 1. The molecule has 3 aliphatic rings. The van der Waals surface area contributed by atoms with Crippen molar-refractivity contribution in [1.82, 2.24) is 0 Å². The highest BCUT2D eigenvalue weighted by molar-refractivity contribution is 6.32. The van der Waals surface area contributed by atoms with E-state index in [2.05, 4.69) is 13.8 Å². The van der Waals surface area contributed by atoms with E-state index in [4.69, 9.17) is 5.11 Å². The molecule has 3 atom stereocenters. The second-order valence-corrected chi connectivity index (χ2v) is 5.63. The normalized spacial score (nSPS) is 36.8. The number of fused-ring (bicyclic) bond motifs is 2. The zero-order valence-electron chi connectivity index (χ0n) is 9.32. The zero-order chi connectivity index (χ0) is 11.2. The highest BCUT2D eigenvalue weighted by Crippen LogP contribution is 2.61. The highest BCUT2D eigenvalue weighted by atomic mass is 16.4. The second-order valence-electron chi connectivity index (χ2n) is 5.63. The van der Waals surface area contributed by atoms with E-state index in [1.807, 2.05) is 0 Å². The predicted octanol–water partition coefficient (Wildman–Crippen LogP) is 2.10. The van der Waals surface area contributed by atoms with E-state index >= 15 is 0 Å². The zero-order valence-corrected chi connectivity index (χ0v) is 9.32. The third-order valence-electron chi connectivity index (χ3n) is 4.69. The third-order valence-corrected chi connectivity index (χ3v) is 4.69. The van der Waals surface area contributed by atoms with E-state index in [0.717, 1.165) is 12.3 Å². The molecule has 3 fully saturated rings. The Balaban J connectivity index is 2.00. The molecule has 0 amide bonds. The van der Waals surface area contributed by atoms with Crippen LogP contribution in [0.4, 0.5) is 0 Å². The van der Waals surface area contributed by atoms with Gasteiger partial charge in [-0.3, -0.25) is 4.79 Å². The molecule has 0 aromatic heterocycles. The quantitative estimate of drug-likeness (QED) is 0.726. The van der Waals surface area contributed by atoms with Gasteiger partial charge in [0.25, 0.3) is 0 Å². The summed E-state index contributed by atoms with van der Waals surface area (Å²) in [4.78, 5) is 21.7. The fraction of sp³-hybridized carbons (Fsp3) is 0.833. The van der Waals surface area contributed by atoms with Crippen molar-refractivity contribution in [2.24, 2.45) is 23.2 Å². The summed E-state index contributed by atoms with van der Waals surface area (Å²) in [7, 11) is 0. The van der Waals surface area contributed by atoms with Crippen LogP contribution in [0.3, 0.4) is 0 Å². The fourth-order valence-corrected chi connectivity index (χ4v) is 3.53. The first-order valence-electron chi connectivity index (χ1n) is 5.69. The van der Waals surface area contributed by atoms with Gasteiger partial charge in [-0.1, -0.05) is 13.8 Å². The molecular formula is C12H18O3. The molecule has 0 spiro atoms. The van der Waals surface area contributed by atoms with Gasteiger partial charge in [0.05, 0.1) is 0 Å². The molecule has 2 bridgehead atoms. The van der Waals surface area contributed by atoms with Gasteiger partial charge in [0, 0.05) is 6.42 Å². The molecule has 15 heavy (non-hydrogen) atoms. The third kappa shape index (κ3) is 1.58. The van der Waals surface area contributed by atoms with Crippen LogP contribution in [0, 0.1) is 23.2 Å². The Labute approximate surface area is 89.9 Å². The molecule has 1 N–H and O–H groups in total. The van der Waals surface area contributed by atoms with Crippen molar-refractivity contribution in [2.75, 3.05) is 0 Å². The van der Waals surface area contributed by atoms with Crippen molar-refractivity contribution in [3.05, 3.63) is 0 Å². The summed E-state index contributed by atoms with van der Waals surface area (Å²) in [5, 5.41) is 8.59. The molecule has 3 saturated carbocycles. The van der Waals surface area contributed by atoms with Gasteiger partial charge in [-0.05, 0) is 42.4 Å². The van der Waals surface area contributed by atoms with Gasteiger partial charge >= 0.3 is 5.97 Å². The number of carboxylic acids is 1.